The molecule has 0 radical (unpaired) electrons. The third kappa shape index (κ3) is 4.78. The molecule has 68 heavy (non-hydrogen) atoms. The van der Waals surface area contributed by atoms with Crippen LogP contribution in [0.25, 0.3) is 144 Å². The fraction of sp³-hybridized carbons (Fsp3) is 0. The highest BCUT2D eigenvalue weighted by molar-refractivity contribution is 7.27. The lowest BCUT2D eigenvalue weighted by molar-refractivity contribution is 1.14. The summed E-state index contributed by atoms with van der Waals surface area (Å²) in [7, 11) is 0. The molecule has 0 spiro atoms. The van der Waals surface area contributed by atoms with Crippen LogP contribution in [-0.4, -0.2) is 14.1 Å². The number of benzene rings is 10. The van der Waals surface area contributed by atoms with E-state index in [1.165, 1.54) is 30.9 Å². The van der Waals surface area contributed by atoms with Crippen LogP contribution in [0.2, 0.25) is 0 Å². The number of hydrogen-bond donors (Lipinski definition) is 0. The first-order valence-corrected chi connectivity index (χ1v) is 24.2. The Labute approximate surface area is 396 Å². The van der Waals surface area contributed by atoms with Crippen molar-refractivity contribution >= 4 is 134 Å². The summed E-state index contributed by atoms with van der Waals surface area (Å²) in [5.74, 6) is 0. The van der Waals surface area contributed by atoms with Gasteiger partial charge >= 0.3 is 0 Å². The molecule has 5 heterocycles. The molecule has 15 rings (SSSR count). The predicted molar refractivity (Wildman–Crippen MR) is 287 cm³/mol. The second-order valence-electron chi connectivity index (χ2n) is 17.5. The van der Waals surface area contributed by atoms with Gasteiger partial charge in [-0.3, -0.25) is 4.98 Å². The van der Waals surface area contributed by atoms with Crippen molar-refractivity contribution in [2.24, 2.45) is 0 Å². The fourth-order valence-corrected chi connectivity index (χ4v) is 14.0. The van der Waals surface area contributed by atoms with E-state index in [4.69, 9.17) is 4.98 Å². The number of rotatable bonds is 4. The molecular weight excluding hydrogens is 867 g/mol. The van der Waals surface area contributed by atoms with Crippen molar-refractivity contribution in [1.82, 2.24) is 14.1 Å². The molecule has 0 aliphatic carbocycles. The van der Waals surface area contributed by atoms with Crippen LogP contribution in [0.1, 0.15) is 5.56 Å². The summed E-state index contributed by atoms with van der Waals surface area (Å²) in [5.41, 5.74) is 10.5. The molecule has 0 amide bonds. The zero-order valence-electron chi connectivity index (χ0n) is 36.0. The molecule has 0 aliphatic rings. The third-order valence-electron chi connectivity index (χ3n) is 14.2. The van der Waals surface area contributed by atoms with E-state index in [9.17, 15) is 11.8 Å². The molecule has 0 atom stereocenters. The van der Waals surface area contributed by atoms with Gasteiger partial charge in [0.25, 0.3) is 0 Å². The van der Waals surface area contributed by atoms with Crippen molar-refractivity contribution in [3.8, 4) is 39.7 Å². The molecule has 7 heteroatoms. The van der Waals surface area contributed by atoms with Gasteiger partial charge in [0.15, 0.2) is 0 Å². The highest BCUT2D eigenvalue weighted by atomic mass is 32.1. The Kier molecular flexibility index (Phi) is 7.61. The Morgan fingerprint density at radius 3 is 1.57 bits per heavy atom. The molecule has 0 N–H and O–H groups in total. The average molecular weight is 898 g/mol. The minimum Gasteiger partial charge on any atom is -0.318 e. The van der Waals surface area contributed by atoms with Crippen molar-refractivity contribution < 1.29 is 0 Å². The number of hydrogen-bond acceptors (Lipinski definition) is 4. The lowest BCUT2D eigenvalue weighted by Gasteiger charge is -2.26. The average Bonchev–Trinajstić information content (AvgIpc) is 4.16. The van der Waals surface area contributed by atoms with Crippen LogP contribution in [0.15, 0.2) is 188 Å². The quantitative estimate of drug-likeness (QED) is 0.131. The molecular formula is C61H31N5S2. The van der Waals surface area contributed by atoms with Crippen LogP contribution in [0.3, 0.4) is 0 Å². The highest BCUT2D eigenvalue weighted by Crippen LogP contribution is 2.55. The minimum atomic E-state index is 0.416. The highest BCUT2D eigenvalue weighted by Gasteiger charge is 2.33. The summed E-state index contributed by atoms with van der Waals surface area (Å²) in [5, 5.41) is 24.6. The first-order chi connectivity index (χ1) is 33.7. The van der Waals surface area contributed by atoms with Gasteiger partial charge in [-0.25, -0.2) is 4.85 Å². The SMILES string of the molecule is [C-]#[N+]c1c(-c2ccccc2)c(C#N)c(-n2c3c(ccc4c5ccccc5sc43)c3ccc4c5ccccc5sc4c32)c(-c2ccccc2)c1-n1c2cccc3c4cccnc4c4cccc1c4c32. The van der Waals surface area contributed by atoms with Gasteiger partial charge in [0.2, 0.25) is 5.69 Å². The summed E-state index contributed by atoms with van der Waals surface area (Å²) < 4.78 is 9.47. The van der Waals surface area contributed by atoms with Gasteiger partial charge in [0.05, 0.1) is 60.5 Å². The van der Waals surface area contributed by atoms with Gasteiger partial charge in [0, 0.05) is 80.6 Å². The second-order valence-corrected chi connectivity index (χ2v) is 19.6. The summed E-state index contributed by atoms with van der Waals surface area (Å²) in [6.45, 7) is 9.36. The summed E-state index contributed by atoms with van der Waals surface area (Å²) >= 11 is 3.60. The maximum atomic E-state index is 12.1. The van der Waals surface area contributed by atoms with E-state index in [1.807, 2.05) is 48.7 Å². The molecule has 0 saturated carbocycles. The van der Waals surface area contributed by atoms with Crippen molar-refractivity contribution in [2.45, 2.75) is 0 Å². The minimum absolute atomic E-state index is 0.416. The number of aromatic nitrogens is 3. The van der Waals surface area contributed by atoms with Gasteiger partial charge in [-0.15, -0.1) is 22.7 Å². The van der Waals surface area contributed by atoms with Gasteiger partial charge in [-0.2, -0.15) is 5.26 Å². The van der Waals surface area contributed by atoms with E-state index in [0.29, 0.717) is 16.8 Å². The first kappa shape index (κ1) is 37.4. The lowest BCUT2D eigenvalue weighted by Crippen LogP contribution is -2.09. The second kappa shape index (κ2) is 13.8. The molecule has 5 nitrogen and oxygen atoms in total. The topological polar surface area (TPSA) is 50.9 Å². The first-order valence-electron chi connectivity index (χ1n) is 22.6. The molecule has 0 aliphatic heterocycles. The zero-order chi connectivity index (χ0) is 44.8. The molecule has 5 aromatic heterocycles. The molecule has 15 aromatic rings. The van der Waals surface area contributed by atoms with E-state index >= 15 is 0 Å². The van der Waals surface area contributed by atoms with Gasteiger partial charge in [-0.1, -0.05) is 152 Å². The number of pyridine rings is 1. The van der Waals surface area contributed by atoms with Gasteiger partial charge in [-0.05, 0) is 46.8 Å². The van der Waals surface area contributed by atoms with Crippen LogP contribution in [0.4, 0.5) is 5.69 Å². The van der Waals surface area contributed by atoms with Crippen LogP contribution >= 0.6 is 22.7 Å². The van der Waals surface area contributed by atoms with E-state index in [1.54, 1.807) is 22.7 Å². The van der Waals surface area contributed by atoms with E-state index in [-0.39, 0.29) is 0 Å². The molecule has 0 unspecified atom stereocenters. The zero-order valence-corrected chi connectivity index (χ0v) is 37.6. The Bertz CT molecular complexity index is 4530. The van der Waals surface area contributed by atoms with Gasteiger partial charge < -0.3 is 9.13 Å². The summed E-state index contributed by atoms with van der Waals surface area (Å²) in [6, 6.07) is 66.9. The molecule has 0 bridgehead atoms. The molecule has 0 fully saturated rings. The summed E-state index contributed by atoms with van der Waals surface area (Å²) in [4.78, 5) is 9.56. The van der Waals surface area contributed by atoms with Crippen molar-refractivity contribution in [2.75, 3.05) is 0 Å². The van der Waals surface area contributed by atoms with Crippen LogP contribution < -0.4 is 0 Å². The van der Waals surface area contributed by atoms with Gasteiger partial charge in [0.1, 0.15) is 6.07 Å². The predicted octanol–water partition coefficient (Wildman–Crippen LogP) is 17.5. The van der Waals surface area contributed by atoms with Crippen molar-refractivity contribution in [3.05, 3.63) is 205 Å². The Morgan fingerprint density at radius 1 is 0.456 bits per heavy atom. The van der Waals surface area contributed by atoms with Crippen LogP contribution in [-0.2, 0) is 0 Å². The monoisotopic (exact) mass is 897 g/mol. The van der Waals surface area contributed by atoms with Crippen molar-refractivity contribution in [1.29, 1.82) is 5.26 Å². The number of fused-ring (bicyclic) bond motifs is 14. The Morgan fingerprint density at radius 2 is 0.971 bits per heavy atom. The van der Waals surface area contributed by atoms with E-state index in [2.05, 4.69) is 160 Å². The molecule has 312 valence electrons. The number of nitriles is 1. The van der Waals surface area contributed by atoms with Crippen LogP contribution in [0, 0.1) is 17.9 Å². The maximum Gasteiger partial charge on any atom is 0.220 e. The molecule has 10 aromatic carbocycles. The normalized spacial score (nSPS) is 12.1. The van der Waals surface area contributed by atoms with Crippen molar-refractivity contribution in [3.63, 3.8) is 0 Å². The number of nitrogens with zero attached hydrogens (tertiary/aromatic N) is 5. The third-order valence-corrected chi connectivity index (χ3v) is 16.6. The van der Waals surface area contributed by atoms with Crippen LogP contribution in [0.5, 0.6) is 0 Å². The largest absolute Gasteiger partial charge is 0.318 e. The Balaban J connectivity index is 1.26. The summed E-state index contributed by atoms with van der Waals surface area (Å²) in [6.07, 6.45) is 1.87. The maximum absolute atomic E-state index is 12.1. The van der Waals surface area contributed by atoms with E-state index in [0.717, 1.165) is 103 Å². The molecule has 0 saturated heterocycles. The smallest absolute Gasteiger partial charge is 0.220 e. The number of thiophene rings is 2. The lowest BCUT2D eigenvalue weighted by atomic mass is 9.88. The fourth-order valence-electron chi connectivity index (χ4n) is 11.5. The Hall–Kier alpha value is -8.85. The standard InChI is InChI=1S/C61H31N5S2/c1-63-55-50(34-15-4-2-5-16-34)45(33-62)56(51(35-17-6-3-7-18-35)59(55)65-46-24-12-21-38-39-23-14-32-64-54(39)44-22-13-25-47(65)53(44)52(38)46)66-57-40(28-30-42-36-19-8-10-26-48(36)67-60(42)57)41-29-31-43-37-20-9-11-27-49(37)68-61(43)58(41)66/h2-32H. The van der Waals surface area contributed by atoms with E-state index < -0.39 is 0 Å².